The van der Waals surface area contributed by atoms with Crippen molar-refractivity contribution in [2.45, 2.75) is 77.3 Å². The van der Waals surface area contributed by atoms with Crippen molar-refractivity contribution in [2.75, 3.05) is 13.1 Å². The van der Waals surface area contributed by atoms with Crippen LogP contribution in [0.2, 0.25) is 0 Å². The highest BCUT2D eigenvalue weighted by Crippen LogP contribution is 2.48. The third-order valence-electron chi connectivity index (χ3n) is 8.86. The van der Waals surface area contributed by atoms with Crippen molar-refractivity contribution in [3.63, 3.8) is 0 Å². The number of nitrogens with one attached hydrogen (secondary N) is 1. The number of likely N-dealkylation sites (tertiary alicyclic amines) is 1. The zero-order valence-electron chi connectivity index (χ0n) is 22.5. The second-order valence-corrected chi connectivity index (χ2v) is 11.6. The number of amides is 1. The maximum absolute atomic E-state index is 13.5. The predicted molar refractivity (Wildman–Crippen MR) is 138 cm³/mol. The summed E-state index contributed by atoms with van der Waals surface area (Å²) in [5.41, 5.74) is -2.37. The second-order valence-electron chi connectivity index (χ2n) is 11.6. The Labute approximate surface area is 226 Å². The van der Waals surface area contributed by atoms with Gasteiger partial charge in [0.05, 0.1) is 16.5 Å². The Morgan fingerprint density at radius 1 is 1.00 bits per heavy atom. The van der Waals surface area contributed by atoms with E-state index in [1.165, 1.54) is 5.56 Å². The standard InChI is InChI=1S/C30H36F6N2O/c1-19(2)28(27(39)37-17-21-13-23(29(31,32)33)15-24(14-21)30(34,35)36)11-9-25(16-28)38-12-10-26(20(3)18-38)22-7-5-4-6-8-22/h4-8,13-15,19-20,25-26H,9-12,16-18H2,1-3H3,(H,37,39)/t20-,25?,26-,28?/m0/s1. The van der Waals surface area contributed by atoms with Crippen LogP contribution in [0, 0.1) is 17.3 Å². The van der Waals surface area contributed by atoms with E-state index in [1.54, 1.807) is 0 Å². The molecule has 2 unspecified atom stereocenters. The van der Waals surface area contributed by atoms with Gasteiger partial charge in [0.1, 0.15) is 0 Å². The van der Waals surface area contributed by atoms with Crippen LogP contribution in [0.3, 0.4) is 0 Å². The Kier molecular flexibility index (Phi) is 8.41. The minimum atomic E-state index is -4.93. The molecule has 4 rings (SSSR count). The van der Waals surface area contributed by atoms with Crippen molar-refractivity contribution < 1.29 is 31.1 Å². The molecule has 1 amide bonds. The summed E-state index contributed by atoms with van der Waals surface area (Å²) in [4.78, 5) is 16.0. The molecule has 0 aromatic heterocycles. The Balaban J connectivity index is 1.44. The maximum Gasteiger partial charge on any atom is 0.416 e. The number of rotatable bonds is 6. The third kappa shape index (κ3) is 6.44. The van der Waals surface area contributed by atoms with Gasteiger partial charge in [0.25, 0.3) is 0 Å². The average Bonchev–Trinajstić information content (AvgIpc) is 3.34. The molecule has 4 atom stereocenters. The van der Waals surface area contributed by atoms with Crippen LogP contribution in [0.15, 0.2) is 48.5 Å². The van der Waals surface area contributed by atoms with E-state index in [2.05, 4.69) is 41.4 Å². The van der Waals surface area contributed by atoms with Crippen LogP contribution in [0.25, 0.3) is 0 Å². The molecule has 0 radical (unpaired) electrons. The molecule has 0 spiro atoms. The summed E-state index contributed by atoms with van der Waals surface area (Å²) < 4.78 is 79.5. The highest BCUT2D eigenvalue weighted by molar-refractivity contribution is 5.83. The summed E-state index contributed by atoms with van der Waals surface area (Å²) in [7, 11) is 0. The summed E-state index contributed by atoms with van der Waals surface area (Å²) in [6.45, 7) is 7.62. The third-order valence-corrected chi connectivity index (χ3v) is 8.86. The molecule has 1 heterocycles. The van der Waals surface area contributed by atoms with Gasteiger partial charge < -0.3 is 10.2 Å². The number of halogens is 6. The molecule has 3 nitrogen and oxygen atoms in total. The highest BCUT2D eigenvalue weighted by atomic mass is 19.4. The first-order chi connectivity index (χ1) is 18.2. The monoisotopic (exact) mass is 554 g/mol. The van der Waals surface area contributed by atoms with Gasteiger partial charge in [-0.05, 0) is 79.3 Å². The zero-order valence-corrected chi connectivity index (χ0v) is 22.5. The lowest BCUT2D eigenvalue weighted by Gasteiger charge is -2.41. The summed E-state index contributed by atoms with van der Waals surface area (Å²) in [6, 6.07) is 12.1. The second kappa shape index (κ2) is 11.1. The molecule has 2 aromatic carbocycles. The molecule has 2 fully saturated rings. The number of alkyl halides is 6. The number of benzene rings is 2. The van der Waals surface area contributed by atoms with Crippen molar-refractivity contribution >= 4 is 5.91 Å². The molecule has 2 aliphatic rings. The van der Waals surface area contributed by atoms with E-state index in [4.69, 9.17) is 0 Å². The Morgan fingerprint density at radius 3 is 2.15 bits per heavy atom. The molecule has 1 N–H and O–H groups in total. The molecule has 1 saturated heterocycles. The first kappa shape index (κ1) is 29.4. The van der Waals surface area contributed by atoms with Gasteiger partial charge in [0, 0.05) is 19.1 Å². The topological polar surface area (TPSA) is 32.3 Å². The van der Waals surface area contributed by atoms with Gasteiger partial charge in [-0.1, -0.05) is 51.1 Å². The Morgan fingerprint density at radius 2 is 1.62 bits per heavy atom. The van der Waals surface area contributed by atoms with Crippen LogP contribution in [0.1, 0.15) is 74.6 Å². The van der Waals surface area contributed by atoms with Crippen molar-refractivity contribution in [1.29, 1.82) is 0 Å². The van der Waals surface area contributed by atoms with Crippen molar-refractivity contribution in [3.8, 4) is 0 Å². The van der Waals surface area contributed by atoms with Crippen LogP contribution in [0.4, 0.5) is 26.3 Å². The predicted octanol–water partition coefficient (Wildman–Crippen LogP) is 7.66. The number of carbonyl (C=O) groups is 1. The molecule has 0 bridgehead atoms. The van der Waals surface area contributed by atoms with E-state index >= 15 is 0 Å². The number of hydrogen-bond acceptors (Lipinski definition) is 2. The van der Waals surface area contributed by atoms with Gasteiger partial charge in [0.15, 0.2) is 0 Å². The largest absolute Gasteiger partial charge is 0.416 e. The summed E-state index contributed by atoms with van der Waals surface area (Å²) in [5.74, 6) is 0.594. The lowest BCUT2D eigenvalue weighted by molar-refractivity contribution is -0.143. The number of nitrogens with zero attached hydrogens (tertiary/aromatic N) is 1. The van der Waals surface area contributed by atoms with Gasteiger partial charge in [-0.15, -0.1) is 0 Å². The quantitative estimate of drug-likeness (QED) is 0.372. The van der Waals surface area contributed by atoms with Gasteiger partial charge >= 0.3 is 12.4 Å². The lowest BCUT2D eigenvalue weighted by Crippen LogP contribution is -2.47. The molecular formula is C30H36F6N2O. The first-order valence-corrected chi connectivity index (χ1v) is 13.6. The minimum Gasteiger partial charge on any atom is -0.352 e. The van der Waals surface area contributed by atoms with Crippen molar-refractivity contribution in [3.05, 3.63) is 70.8 Å². The average molecular weight is 555 g/mol. The molecular weight excluding hydrogens is 518 g/mol. The van der Waals surface area contributed by atoms with Crippen molar-refractivity contribution in [1.82, 2.24) is 10.2 Å². The number of carbonyl (C=O) groups excluding carboxylic acids is 1. The molecule has 39 heavy (non-hydrogen) atoms. The molecule has 1 saturated carbocycles. The Hall–Kier alpha value is -2.55. The maximum atomic E-state index is 13.5. The lowest BCUT2D eigenvalue weighted by atomic mass is 9.74. The van der Waals surface area contributed by atoms with Gasteiger partial charge in [0.2, 0.25) is 5.91 Å². The van der Waals surface area contributed by atoms with Crippen LogP contribution in [-0.2, 0) is 23.7 Å². The van der Waals surface area contributed by atoms with Gasteiger partial charge in [-0.3, -0.25) is 4.79 Å². The van der Waals surface area contributed by atoms with Crippen molar-refractivity contribution in [2.24, 2.45) is 17.3 Å². The number of hydrogen-bond donors (Lipinski definition) is 1. The van der Waals surface area contributed by atoms with Crippen LogP contribution >= 0.6 is 0 Å². The number of piperidine rings is 1. The molecule has 1 aliphatic carbocycles. The minimum absolute atomic E-state index is 0.0333. The molecule has 2 aromatic rings. The molecule has 214 valence electrons. The normalized spacial score (nSPS) is 26.7. The smallest absolute Gasteiger partial charge is 0.352 e. The molecule has 9 heteroatoms. The van der Waals surface area contributed by atoms with Crippen LogP contribution < -0.4 is 5.32 Å². The summed E-state index contributed by atoms with van der Waals surface area (Å²) in [6.07, 6.45) is -6.75. The fourth-order valence-electron chi connectivity index (χ4n) is 6.54. The van der Waals surface area contributed by atoms with E-state index in [0.717, 1.165) is 25.9 Å². The highest BCUT2D eigenvalue weighted by Gasteiger charge is 2.49. The van der Waals surface area contributed by atoms with E-state index in [9.17, 15) is 31.1 Å². The zero-order chi connectivity index (χ0) is 28.6. The summed E-state index contributed by atoms with van der Waals surface area (Å²) >= 11 is 0. The van der Waals surface area contributed by atoms with E-state index in [0.29, 0.717) is 36.8 Å². The SMILES string of the molecule is CC(C)C1(C(=O)NCc2cc(C(F)(F)F)cc(C(F)(F)F)c2)CCC(N2CC[C@H](c3ccccc3)[C@@H](C)C2)C1. The first-order valence-electron chi connectivity index (χ1n) is 13.6. The van der Waals surface area contributed by atoms with E-state index < -0.39 is 35.4 Å². The van der Waals surface area contributed by atoms with E-state index in [-0.39, 0.29) is 29.5 Å². The van der Waals surface area contributed by atoms with E-state index in [1.807, 2.05) is 19.9 Å². The van der Waals surface area contributed by atoms with Gasteiger partial charge in [-0.2, -0.15) is 26.3 Å². The Bertz CT molecular complexity index is 1110. The fraction of sp³-hybridized carbons (Fsp3) is 0.567. The van der Waals surface area contributed by atoms with Gasteiger partial charge in [-0.25, -0.2) is 0 Å². The molecule has 1 aliphatic heterocycles. The summed E-state index contributed by atoms with van der Waals surface area (Å²) in [5, 5.41) is 2.69. The fourth-order valence-corrected chi connectivity index (χ4v) is 6.54. The van der Waals surface area contributed by atoms with Crippen LogP contribution in [0.5, 0.6) is 0 Å². The van der Waals surface area contributed by atoms with Crippen LogP contribution in [-0.4, -0.2) is 29.9 Å².